The molecule has 1 amide bonds. The molecule has 0 heterocycles. The van der Waals surface area contributed by atoms with Crippen LogP contribution in [-0.2, 0) is 16.1 Å². The van der Waals surface area contributed by atoms with Gasteiger partial charge in [0.25, 0.3) is 5.91 Å². The number of carbonyl (C=O) groups is 2. The van der Waals surface area contributed by atoms with E-state index in [2.05, 4.69) is 5.32 Å². The molecule has 0 bridgehead atoms. The molecule has 1 aliphatic carbocycles. The predicted octanol–water partition coefficient (Wildman–Crippen LogP) is 3.88. The smallest absolute Gasteiger partial charge is 0.339 e. The van der Waals surface area contributed by atoms with E-state index in [1.54, 1.807) is 25.1 Å². The lowest BCUT2D eigenvalue weighted by molar-refractivity contribution is -0.129. The van der Waals surface area contributed by atoms with Crippen molar-refractivity contribution in [3.05, 3.63) is 59.7 Å². The van der Waals surface area contributed by atoms with Gasteiger partial charge in [-0.2, -0.15) is 0 Å². The van der Waals surface area contributed by atoms with Crippen molar-refractivity contribution < 1.29 is 23.8 Å². The third-order valence-electron chi connectivity index (χ3n) is 4.99. The highest BCUT2D eigenvalue weighted by molar-refractivity contribution is 5.92. The molecule has 1 fully saturated rings. The van der Waals surface area contributed by atoms with Crippen LogP contribution in [0.4, 0.5) is 0 Å². The number of nitrogens with one attached hydrogen (secondary N) is 1. The third kappa shape index (κ3) is 5.73. The van der Waals surface area contributed by atoms with Crippen LogP contribution in [0, 0.1) is 0 Å². The predicted molar refractivity (Wildman–Crippen MR) is 109 cm³/mol. The number of amides is 1. The summed E-state index contributed by atoms with van der Waals surface area (Å²) in [5.74, 6) is 0.116. The fourth-order valence-corrected chi connectivity index (χ4v) is 3.32. The Hall–Kier alpha value is -3.02. The summed E-state index contributed by atoms with van der Waals surface area (Å²) in [6.07, 6.45) is 3.35. The monoisotopic (exact) mass is 397 g/mol. The van der Waals surface area contributed by atoms with Gasteiger partial charge < -0.3 is 19.5 Å². The van der Waals surface area contributed by atoms with Gasteiger partial charge in [-0.3, -0.25) is 4.79 Å². The summed E-state index contributed by atoms with van der Waals surface area (Å²) < 4.78 is 16.5. The minimum absolute atomic E-state index is 0.185. The van der Waals surface area contributed by atoms with Gasteiger partial charge in [0.15, 0.2) is 17.6 Å². The van der Waals surface area contributed by atoms with Crippen molar-refractivity contribution in [2.45, 2.75) is 51.4 Å². The first kappa shape index (κ1) is 20.7. The van der Waals surface area contributed by atoms with Crippen molar-refractivity contribution in [1.29, 1.82) is 0 Å². The summed E-state index contributed by atoms with van der Waals surface area (Å²) in [5, 5.41) is 2.94. The molecule has 1 N–H and O–H groups in total. The molecule has 1 aliphatic rings. The van der Waals surface area contributed by atoms with Crippen molar-refractivity contribution >= 4 is 11.9 Å². The van der Waals surface area contributed by atoms with E-state index in [1.165, 1.54) is 7.11 Å². The molecule has 6 nitrogen and oxygen atoms in total. The molecule has 0 spiro atoms. The van der Waals surface area contributed by atoms with Gasteiger partial charge >= 0.3 is 5.97 Å². The zero-order valence-electron chi connectivity index (χ0n) is 16.9. The minimum atomic E-state index is -0.858. The molecule has 0 aromatic heterocycles. The Labute approximate surface area is 171 Å². The van der Waals surface area contributed by atoms with Crippen LogP contribution in [0.15, 0.2) is 48.5 Å². The first-order valence-corrected chi connectivity index (χ1v) is 9.93. The molecule has 3 rings (SSSR count). The van der Waals surface area contributed by atoms with Crippen molar-refractivity contribution in [2.24, 2.45) is 0 Å². The van der Waals surface area contributed by atoms with Gasteiger partial charge in [0.2, 0.25) is 0 Å². The van der Waals surface area contributed by atoms with Gasteiger partial charge in [-0.1, -0.05) is 43.2 Å². The van der Waals surface area contributed by atoms with Gasteiger partial charge in [-0.25, -0.2) is 4.79 Å². The lowest BCUT2D eigenvalue weighted by Gasteiger charge is -2.17. The highest BCUT2D eigenvalue weighted by Gasteiger charge is 2.24. The first-order chi connectivity index (χ1) is 14.1. The van der Waals surface area contributed by atoms with Crippen LogP contribution in [0.2, 0.25) is 0 Å². The number of benzene rings is 2. The molecule has 0 saturated heterocycles. The van der Waals surface area contributed by atoms with Crippen molar-refractivity contribution in [2.75, 3.05) is 7.11 Å². The normalized spacial score (nSPS) is 14.8. The van der Waals surface area contributed by atoms with Gasteiger partial charge in [-0.05, 0) is 43.5 Å². The van der Waals surface area contributed by atoms with Crippen LogP contribution >= 0.6 is 0 Å². The standard InChI is InChI=1S/C23H27NO5/c1-16(22(25)24-19-10-6-7-11-19)29-23(26)18-12-13-20(21(14-18)27-2)28-15-17-8-4-3-5-9-17/h3-5,8-9,12-14,16,19H,6-7,10-11,15H2,1-2H3,(H,24,25). The van der Waals surface area contributed by atoms with E-state index in [0.717, 1.165) is 31.2 Å². The highest BCUT2D eigenvalue weighted by Crippen LogP contribution is 2.29. The molecule has 0 aliphatic heterocycles. The van der Waals surface area contributed by atoms with E-state index in [1.807, 2.05) is 30.3 Å². The summed E-state index contributed by atoms with van der Waals surface area (Å²) in [6.45, 7) is 1.97. The van der Waals surface area contributed by atoms with Crippen LogP contribution in [-0.4, -0.2) is 31.1 Å². The number of methoxy groups -OCH3 is 1. The molecular formula is C23H27NO5. The Bertz CT molecular complexity index is 830. The maximum atomic E-state index is 12.5. The molecule has 0 radical (unpaired) electrons. The zero-order valence-corrected chi connectivity index (χ0v) is 16.9. The number of hydrogen-bond acceptors (Lipinski definition) is 5. The Kier molecular flexibility index (Phi) is 7.11. The fourth-order valence-electron chi connectivity index (χ4n) is 3.32. The second-order valence-corrected chi connectivity index (χ2v) is 7.18. The van der Waals surface area contributed by atoms with Crippen molar-refractivity contribution in [1.82, 2.24) is 5.32 Å². The van der Waals surface area contributed by atoms with Gasteiger partial charge in [0.1, 0.15) is 6.61 Å². The number of carbonyl (C=O) groups excluding carboxylic acids is 2. The average molecular weight is 397 g/mol. The van der Waals surface area contributed by atoms with E-state index in [-0.39, 0.29) is 11.9 Å². The number of rotatable bonds is 8. The molecule has 29 heavy (non-hydrogen) atoms. The molecule has 154 valence electrons. The van der Waals surface area contributed by atoms with Gasteiger partial charge in [-0.15, -0.1) is 0 Å². The molecule has 1 unspecified atom stereocenters. The van der Waals surface area contributed by atoms with E-state index in [0.29, 0.717) is 23.7 Å². The number of hydrogen-bond donors (Lipinski definition) is 1. The van der Waals surface area contributed by atoms with E-state index < -0.39 is 12.1 Å². The highest BCUT2D eigenvalue weighted by atomic mass is 16.5. The van der Waals surface area contributed by atoms with Crippen LogP contribution in [0.5, 0.6) is 11.5 Å². The Morgan fingerprint density at radius 2 is 1.79 bits per heavy atom. The Balaban J connectivity index is 1.59. The Morgan fingerprint density at radius 3 is 2.48 bits per heavy atom. The SMILES string of the molecule is COc1cc(C(=O)OC(C)C(=O)NC2CCCC2)ccc1OCc1ccccc1. The molecule has 2 aromatic rings. The molecule has 1 saturated carbocycles. The minimum Gasteiger partial charge on any atom is -0.493 e. The van der Waals surface area contributed by atoms with Crippen LogP contribution in [0.25, 0.3) is 0 Å². The average Bonchev–Trinajstić information content (AvgIpc) is 3.25. The van der Waals surface area contributed by atoms with E-state index >= 15 is 0 Å². The second-order valence-electron chi connectivity index (χ2n) is 7.18. The van der Waals surface area contributed by atoms with Crippen LogP contribution in [0.1, 0.15) is 48.5 Å². The van der Waals surface area contributed by atoms with E-state index in [9.17, 15) is 9.59 Å². The first-order valence-electron chi connectivity index (χ1n) is 9.93. The maximum Gasteiger partial charge on any atom is 0.339 e. The number of esters is 1. The molecule has 6 heteroatoms. The topological polar surface area (TPSA) is 73.9 Å². The van der Waals surface area contributed by atoms with Crippen LogP contribution < -0.4 is 14.8 Å². The zero-order chi connectivity index (χ0) is 20.6. The molecular weight excluding hydrogens is 370 g/mol. The van der Waals surface area contributed by atoms with E-state index in [4.69, 9.17) is 14.2 Å². The van der Waals surface area contributed by atoms with Crippen molar-refractivity contribution in [3.63, 3.8) is 0 Å². The molecule has 2 aromatic carbocycles. The maximum absolute atomic E-state index is 12.5. The summed E-state index contributed by atoms with van der Waals surface area (Å²) >= 11 is 0. The van der Waals surface area contributed by atoms with Gasteiger partial charge in [0.05, 0.1) is 12.7 Å². The summed E-state index contributed by atoms with van der Waals surface area (Å²) in [4.78, 5) is 24.7. The van der Waals surface area contributed by atoms with Crippen molar-refractivity contribution in [3.8, 4) is 11.5 Å². The molecule has 1 atom stereocenters. The van der Waals surface area contributed by atoms with Crippen LogP contribution in [0.3, 0.4) is 0 Å². The number of ether oxygens (including phenoxy) is 3. The Morgan fingerprint density at radius 1 is 1.07 bits per heavy atom. The summed E-state index contributed by atoms with van der Waals surface area (Å²) in [7, 11) is 1.51. The quantitative estimate of drug-likeness (QED) is 0.685. The lowest BCUT2D eigenvalue weighted by Crippen LogP contribution is -2.40. The van der Waals surface area contributed by atoms with Gasteiger partial charge in [0, 0.05) is 6.04 Å². The second kappa shape index (κ2) is 9.96. The largest absolute Gasteiger partial charge is 0.493 e. The fraction of sp³-hybridized carbons (Fsp3) is 0.391. The summed E-state index contributed by atoms with van der Waals surface area (Å²) in [5.41, 5.74) is 1.33. The summed E-state index contributed by atoms with van der Waals surface area (Å²) in [6, 6.07) is 14.8. The lowest BCUT2D eigenvalue weighted by atomic mass is 10.2. The third-order valence-corrected chi connectivity index (χ3v) is 4.99.